The molecule has 2 aliphatic heterocycles. The molecular weight excluding hydrogens is 700 g/mol. The van der Waals surface area contributed by atoms with E-state index in [0.29, 0.717) is 19.3 Å². The largest absolute Gasteiger partial charge is 0.481 e. The van der Waals surface area contributed by atoms with E-state index in [1.807, 2.05) is 6.92 Å². The number of rotatable bonds is 7. The summed E-state index contributed by atoms with van der Waals surface area (Å²) in [6.07, 6.45) is -3.35. The fraction of sp³-hybridized carbons (Fsp3) is 0.927. The van der Waals surface area contributed by atoms with Gasteiger partial charge in [0.05, 0.1) is 31.3 Å². The zero-order valence-electron chi connectivity index (χ0n) is 32.9. The van der Waals surface area contributed by atoms with E-state index >= 15 is 0 Å². The number of fused-ring (bicyclic) bond motifs is 7. The molecule has 7 rings (SSSR count). The molecule has 0 unspecified atom stereocenters. The lowest BCUT2D eigenvalue weighted by Gasteiger charge is -2.71. The first-order valence-corrected chi connectivity index (χ1v) is 20.4. The van der Waals surface area contributed by atoms with Crippen molar-refractivity contribution in [3.05, 3.63) is 11.6 Å². The summed E-state index contributed by atoms with van der Waals surface area (Å²) in [7, 11) is 0. The van der Waals surface area contributed by atoms with Gasteiger partial charge in [-0.3, -0.25) is 4.79 Å². The standard InChI is InChI=1S/C41H66O13/c1-36(2)13-15-41(35(49)50)16-14-39(5)21(22(41)17-36)7-8-26-37(3)11-10-27(38(4,20-43)25(37)9-12-40(26,39)6)53-34-32(30(47)29(46)24(18-42)52-34)54-33-31(48)28(45)23(44)19-51-33/h7,22-34,42-48H,8-20H2,1-6H3,(H,49,50)/t22-,23-,24+,25+,26+,27-,28-,29+,30-,31+,32+,33-,34-,37-,38-,39+,40+,41-/m0/s1. The quantitative estimate of drug-likeness (QED) is 0.138. The highest BCUT2D eigenvalue weighted by molar-refractivity contribution is 5.76. The van der Waals surface area contributed by atoms with E-state index in [1.165, 1.54) is 5.57 Å². The maximum absolute atomic E-state index is 13.1. The van der Waals surface area contributed by atoms with Gasteiger partial charge < -0.3 is 59.8 Å². The molecule has 308 valence electrons. The maximum Gasteiger partial charge on any atom is 0.310 e. The number of carbonyl (C=O) groups is 1. The van der Waals surface area contributed by atoms with Crippen LogP contribution in [0.3, 0.4) is 0 Å². The van der Waals surface area contributed by atoms with E-state index in [9.17, 15) is 45.6 Å². The summed E-state index contributed by atoms with van der Waals surface area (Å²) in [6.45, 7) is 12.7. The third-order valence-corrected chi connectivity index (χ3v) is 17.0. The minimum Gasteiger partial charge on any atom is -0.481 e. The Bertz CT molecular complexity index is 1460. The second-order valence-electron chi connectivity index (χ2n) is 20.1. The highest BCUT2D eigenvalue weighted by Gasteiger charge is 2.70. The van der Waals surface area contributed by atoms with Crippen molar-refractivity contribution < 1.29 is 64.6 Å². The summed E-state index contributed by atoms with van der Waals surface area (Å²) >= 11 is 0. The van der Waals surface area contributed by atoms with Crippen LogP contribution in [-0.4, -0.2) is 128 Å². The van der Waals surface area contributed by atoms with E-state index in [2.05, 4.69) is 40.7 Å². The molecule has 0 aromatic carbocycles. The van der Waals surface area contributed by atoms with Crippen molar-refractivity contribution in [3.8, 4) is 0 Å². The summed E-state index contributed by atoms with van der Waals surface area (Å²) in [6, 6.07) is 0. The molecule has 0 amide bonds. The van der Waals surface area contributed by atoms with Crippen molar-refractivity contribution in [1.82, 2.24) is 0 Å². The van der Waals surface area contributed by atoms with Crippen molar-refractivity contribution in [3.63, 3.8) is 0 Å². The van der Waals surface area contributed by atoms with E-state index in [1.54, 1.807) is 0 Å². The molecule has 6 fully saturated rings. The highest BCUT2D eigenvalue weighted by Crippen LogP contribution is 2.76. The molecule has 13 heteroatoms. The second-order valence-corrected chi connectivity index (χ2v) is 20.1. The topological polar surface area (TPSA) is 216 Å². The van der Waals surface area contributed by atoms with Crippen LogP contribution in [0.5, 0.6) is 0 Å². The van der Waals surface area contributed by atoms with Gasteiger partial charge in [0.25, 0.3) is 0 Å². The number of hydrogen-bond donors (Lipinski definition) is 8. The number of aliphatic carboxylic acids is 1. The summed E-state index contributed by atoms with van der Waals surface area (Å²) in [5.74, 6) is -0.314. The molecule has 0 radical (unpaired) electrons. The van der Waals surface area contributed by atoms with Crippen LogP contribution >= 0.6 is 0 Å². The van der Waals surface area contributed by atoms with Crippen molar-refractivity contribution >= 4 is 5.97 Å². The molecule has 0 bridgehead atoms. The zero-order chi connectivity index (χ0) is 39.4. The van der Waals surface area contributed by atoms with Gasteiger partial charge in [0.1, 0.15) is 42.7 Å². The summed E-state index contributed by atoms with van der Waals surface area (Å²) < 4.78 is 24.1. The van der Waals surface area contributed by atoms with E-state index in [4.69, 9.17) is 18.9 Å². The van der Waals surface area contributed by atoms with Gasteiger partial charge in [-0.05, 0) is 104 Å². The first-order chi connectivity index (χ1) is 25.2. The van der Waals surface area contributed by atoms with Crippen LogP contribution < -0.4 is 0 Å². The van der Waals surface area contributed by atoms with Crippen molar-refractivity contribution in [2.45, 2.75) is 167 Å². The van der Waals surface area contributed by atoms with Gasteiger partial charge in [0.2, 0.25) is 0 Å². The number of carboxylic acids is 1. The van der Waals surface area contributed by atoms with Crippen LogP contribution in [0.2, 0.25) is 0 Å². The first-order valence-electron chi connectivity index (χ1n) is 20.4. The first kappa shape index (κ1) is 40.9. The van der Waals surface area contributed by atoms with Gasteiger partial charge in [0.15, 0.2) is 12.6 Å². The van der Waals surface area contributed by atoms with Crippen LogP contribution in [0.1, 0.15) is 106 Å². The zero-order valence-corrected chi connectivity index (χ0v) is 32.9. The number of carboxylic acid groups (broad SMARTS) is 1. The molecule has 2 heterocycles. The van der Waals surface area contributed by atoms with E-state index < -0.39 is 84.8 Å². The van der Waals surface area contributed by atoms with E-state index in [-0.39, 0.29) is 52.6 Å². The fourth-order valence-corrected chi connectivity index (χ4v) is 13.4. The van der Waals surface area contributed by atoms with Crippen LogP contribution in [-0.2, 0) is 23.7 Å². The average molecular weight is 767 g/mol. The van der Waals surface area contributed by atoms with Gasteiger partial charge in [-0.25, -0.2) is 0 Å². The smallest absolute Gasteiger partial charge is 0.310 e. The number of allylic oxidation sites excluding steroid dienone is 2. The fourth-order valence-electron chi connectivity index (χ4n) is 13.4. The van der Waals surface area contributed by atoms with Crippen molar-refractivity contribution in [2.75, 3.05) is 19.8 Å². The Balaban J connectivity index is 1.17. The molecule has 5 aliphatic carbocycles. The average Bonchev–Trinajstić information content (AvgIpc) is 3.12. The molecule has 7 aliphatic rings. The minimum absolute atomic E-state index is 0.0170. The SMILES string of the molecule is CC1(C)CC[C@]2(C(=O)O)CC[C@]3(C)C(=CC[C@@H]4[C@@]5(C)CC[C@H](O[C@@H]6O[C@H](CO)[C@@H](O)[C@H](O)[C@H]6O[C@@H]6OC[C@H](O)[C@H](O)[C@H]6O)[C@@](C)(CO)[C@@H]5CC[C@]43C)[C@@H]2C1. The maximum atomic E-state index is 13.1. The predicted molar refractivity (Wildman–Crippen MR) is 193 cm³/mol. The normalized spacial score (nSPS) is 54.3. The third-order valence-electron chi connectivity index (χ3n) is 17.0. The minimum atomic E-state index is -1.66. The Labute approximate surface area is 319 Å². The van der Waals surface area contributed by atoms with Gasteiger partial charge in [-0.2, -0.15) is 0 Å². The number of aliphatic hydroxyl groups excluding tert-OH is 7. The molecule has 0 aromatic rings. The van der Waals surface area contributed by atoms with Crippen LogP contribution in [0.4, 0.5) is 0 Å². The van der Waals surface area contributed by atoms with Crippen molar-refractivity contribution in [2.24, 2.45) is 50.2 Å². The van der Waals surface area contributed by atoms with Crippen molar-refractivity contribution in [1.29, 1.82) is 0 Å². The Hall–Kier alpha value is -1.23. The third kappa shape index (κ3) is 5.92. The Morgan fingerprint density at radius 2 is 1.52 bits per heavy atom. The summed E-state index contributed by atoms with van der Waals surface area (Å²) in [4.78, 5) is 13.1. The molecule has 0 spiro atoms. The number of ether oxygens (including phenoxy) is 4. The number of hydrogen-bond acceptors (Lipinski definition) is 12. The molecule has 4 saturated carbocycles. The number of aliphatic hydroxyl groups is 7. The Morgan fingerprint density at radius 3 is 2.19 bits per heavy atom. The lowest BCUT2D eigenvalue weighted by molar-refractivity contribution is -0.371. The lowest BCUT2D eigenvalue weighted by Crippen LogP contribution is -2.67. The molecule has 18 atom stereocenters. The van der Waals surface area contributed by atoms with Gasteiger partial charge in [-0.1, -0.05) is 53.2 Å². The van der Waals surface area contributed by atoms with Gasteiger partial charge in [0, 0.05) is 5.41 Å². The lowest BCUT2D eigenvalue weighted by atomic mass is 9.33. The molecule has 13 nitrogen and oxygen atoms in total. The predicted octanol–water partition coefficient (Wildman–Crippen LogP) is 2.49. The van der Waals surface area contributed by atoms with Gasteiger partial charge in [-0.15, -0.1) is 0 Å². The summed E-state index contributed by atoms with van der Waals surface area (Å²) in [5.41, 5.74) is -0.460. The van der Waals surface area contributed by atoms with E-state index in [0.717, 1.165) is 44.9 Å². The highest BCUT2D eigenvalue weighted by atomic mass is 16.8. The Kier molecular flexibility index (Phi) is 10.6. The molecule has 2 saturated heterocycles. The molecule has 0 aromatic heterocycles. The van der Waals surface area contributed by atoms with Gasteiger partial charge >= 0.3 is 5.97 Å². The molecule has 54 heavy (non-hydrogen) atoms. The molecule has 8 N–H and O–H groups in total. The summed E-state index contributed by atoms with van der Waals surface area (Å²) in [5, 5.41) is 84.9. The van der Waals surface area contributed by atoms with Crippen LogP contribution in [0.15, 0.2) is 11.6 Å². The van der Waals surface area contributed by atoms with Crippen LogP contribution in [0, 0.1) is 50.2 Å². The second kappa shape index (κ2) is 14.0. The van der Waals surface area contributed by atoms with Crippen LogP contribution in [0.25, 0.3) is 0 Å². The monoisotopic (exact) mass is 766 g/mol. The Morgan fingerprint density at radius 1 is 0.815 bits per heavy atom. The molecular formula is C41H66O13.